The average molecular weight is 373 g/mol. The molecule has 0 aliphatic rings. The first kappa shape index (κ1) is 21.3. The molecule has 0 radical (unpaired) electrons. The van der Waals surface area contributed by atoms with E-state index in [1.807, 2.05) is 55.5 Å². The van der Waals surface area contributed by atoms with Gasteiger partial charge in [0.2, 0.25) is 0 Å². The maximum Gasteiger partial charge on any atom is 0.181 e. The number of aliphatic hydroxyl groups is 1. The van der Waals surface area contributed by atoms with Crippen molar-refractivity contribution in [3.63, 3.8) is 0 Å². The van der Waals surface area contributed by atoms with Crippen molar-refractivity contribution >= 4 is 0 Å². The second-order valence-electron chi connectivity index (χ2n) is 6.85. The van der Waals surface area contributed by atoms with E-state index in [-0.39, 0.29) is 6.10 Å². The lowest BCUT2D eigenvalue weighted by Gasteiger charge is -2.18. The van der Waals surface area contributed by atoms with Crippen LogP contribution in [0.3, 0.4) is 0 Å². The van der Waals surface area contributed by atoms with E-state index in [4.69, 9.17) is 14.2 Å². The molecular weight excluding hydrogens is 340 g/mol. The fraction of sp³-hybridized carbons (Fsp3) is 0.478. The van der Waals surface area contributed by atoms with Gasteiger partial charge in [-0.15, -0.1) is 0 Å². The number of benzene rings is 2. The fourth-order valence-electron chi connectivity index (χ4n) is 2.84. The van der Waals surface area contributed by atoms with Crippen LogP contribution in [0.1, 0.15) is 63.4 Å². The molecular formula is C23H32O4. The predicted octanol–water partition coefficient (Wildman–Crippen LogP) is 5.64. The van der Waals surface area contributed by atoms with E-state index < -0.39 is 6.29 Å². The summed E-state index contributed by atoms with van der Waals surface area (Å²) in [6.45, 7) is 4.70. The van der Waals surface area contributed by atoms with E-state index in [1.165, 1.54) is 19.3 Å². The lowest BCUT2D eigenvalue weighted by Crippen LogP contribution is -2.13. The summed E-state index contributed by atoms with van der Waals surface area (Å²) in [6, 6.07) is 15.2. The van der Waals surface area contributed by atoms with E-state index >= 15 is 0 Å². The van der Waals surface area contributed by atoms with Crippen LogP contribution < -0.4 is 9.47 Å². The van der Waals surface area contributed by atoms with Gasteiger partial charge in [0.1, 0.15) is 18.1 Å². The van der Waals surface area contributed by atoms with Crippen molar-refractivity contribution in [1.82, 2.24) is 0 Å². The van der Waals surface area contributed by atoms with Gasteiger partial charge in [-0.2, -0.15) is 0 Å². The Balaban J connectivity index is 1.77. The minimum atomic E-state index is -0.901. The van der Waals surface area contributed by atoms with Crippen molar-refractivity contribution < 1.29 is 19.3 Å². The number of rotatable bonds is 12. The van der Waals surface area contributed by atoms with Crippen LogP contribution in [0, 0.1) is 0 Å². The molecule has 2 unspecified atom stereocenters. The van der Waals surface area contributed by atoms with Crippen LogP contribution in [-0.4, -0.2) is 18.3 Å². The summed E-state index contributed by atoms with van der Waals surface area (Å²) in [5.41, 5.74) is 1.81. The minimum absolute atomic E-state index is 0.0443. The van der Waals surface area contributed by atoms with Gasteiger partial charge >= 0.3 is 0 Å². The summed E-state index contributed by atoms with van der Waals surface area (Å²) in [4.78, 5) is 0. The molecule has 2 aromatic carbocycles. The number of hydrogen-bond donors (Lipinski definition) is 1. The molecule has 2 rings (SSSR count). The van der Waals surface area contributed by atoms with Crippen molar-refractivity contribution in [2.75, 3.05) is 7.11 Å². The van der Waals surface area contributed by atoms with Crippen LogP contribution in [-0.2, 0) is 11.3 Å². The first-order chi connectivity index (χ1) is 13.1. The quantitative estimate of drug-likeness (QED) is 0.387. The average Bonchev–Trinajstić information content (AvgIpc) is 2.70. The Morgan fingerprint density at radius 1 is 0.889 bits per heavy atom. The van der Waals surface area contributed by atoms with Gasteiger partial charge in [0.05, 0.1) is 13.2 Å². The summed E-state index contributed by atoms with van der Waals surface area (Å²) >= 11 is 0. The van der Waals surface area contributed by atoms with Gasteiger partial charge in [-0.1, -0.05) is 56.9 Å². The normalized spacial score (nSPS) is 13.2. The number of methoxy groups -OCH3 is 1. The molecule has 27 heavy (non-hydrogen) atoms. The Morgan fingerprint density at radius 3 is 2.19 bits per heavy atom. The zero-order valence-electron chi connectivity index (χ0n) is 16.7. The summed E-state index contributed by atoms with van der Waals surface area (Å²) in [7, 11) is 1.65. The van der Waals surface area contributed by atoms with Gasteiger partial charge in [0.25, 0.3) is 0 Å². The highest BCUT2D eigenvalue weighted by Crippen LogP contribution is 2.22. The topological polar surface area (TPSA) is 47.9 Å². The predicted molar refractivity (Wildman–Crippen MR) is 108 cm³/mol. The molecule has 0 amide bonds. The molecule has 0 fully saturated rings. The lowest BCUT2D eigenvalue weighted by atomic mass is 10.1. The van der Waals surface area contributed by atoms with Gasteiger partial charge in [-0.05, 0) is 43.2 Å². The standard InChI is InChI=1S/C23H32O4/c1-4-5-6-7-8-18(2)27-23(24)20-11-15-22(16-12-20)26-17-19-9-13-21(25-3)14-10-19/h9-16,18,23-24H,4-8,17H2,1-3H3. The maximum atomic E-state index is 10.3. The molecule has 0 aliphatic carbocycles. The maximum absolute atomic E-state index is 10.3. The Morgan fingerprint density at radius 2 is 1.56 bits per heavy atom. The number of aliphatic hydroxyl groups excluding tert-OH is 1. The van der Waals surface area contributed by atoms with Crippen molar-refractivity contribution in [3.8, 4) is 11.5 Å². The minimum Gasteiger partial charge on any atom is -0.497 e. The summed E-state index contributed by atoms with van der Waals surface area (Å²) < 4.78 is 16.7. The van der Waals surface area contributed by atoms with Crippen molar-refractivity contribution in [3.05, 3.63) is 59.7 Å². The molecule has 148 valence electrons. The van der Waals surface area contributed by atoms with Gasteiger partial charge in [-0.25, -0.2) is 0 Å². The molecule has 0 aliphatic heterocycles. The van der Waals surface area contributed by atoms with E-state index in [0.717, 1.165) is 35.5 Å². The largest absolute Gasteiger partial charge is 0.497 e. The van der Waals surface area contributed by atoms with Crippen LogP contribution in [0.4, 0.5) is 0 Å². The Labute approximate surface area is 163 Å². The first-order valence-corrected chi connectivity index (χ1v) is 9.81. The number of unbranched alkanes of at least 4 members (excludes halogenated alkanes) is 3. The van der Waals surface area contributed by atoms with Crippen molar-refractivity contribution in [2.45, 2.75) is 65.0 Å². The van der Waals surface area contributed by atoms with Crippen LogP contribution in [0.5, 0.6) is 11.5 Å². The van der Waals surface area contributed by atoms with Crippen LogP contribution >= 0.6 is 0 Å². The molecule has 2 aromatic rings. The molecule has 0 heterocycles. The molecule has 2 atom stereocenters. The zero-order chi connectivity index (χ0) is 19.5. The lowest BCUT2D eigenvalue weighted by molar-refractivity contribution is -0.136. The van der Waals surface area contributed by atoms with Crippen molar-refractivity contribution in [1.29, 1.82) is 0 Å². The summed E-state index contributed by atoms with van der Waals surface area (Å²) in [5.74, 6) is 1.59. The molecule has 0 spiro atoms. The van der Waals surface area contributed by atoms with Crippen LogP contribution in [0.15, 0.2) is 48.5 Å². The molecule has 4 nitrogen and oxygen atoms in total. The highest BCUT2D eigenvalue weighted by molar-refractivity contribution is 5.30. The summed E-state index contributed by atoms with van der Waals surface area (Å²) in [5, 5.41) is 10.3. The second-order valence-corrected chi connectivity index (χ2v) is 6.85. The van der Waals surface area contributed by atoms with Gasteiger partial charge in [0.15, 0.2) is 6.29 Å². The van der Waals surface area contributed by atoms with Gasteiger partial charge in [-0.3, -0.25) is 0 Å². The third kappa shape index (κ3) is 7.61. The Bertz CT molecular complexity index is 636. The zero-order valence-corrected chi connectivity index (χ0v) is 16.7. The molecule has 0 aromatic heterocycles. The summed E-state index contributed by atoms with van der Waals surface area (Å²) in [6.07, 6.45) is 4.96. The highest BCUT2D eigenvalue weighted by Gasteiger charge is 2.12. The molecule has 4 heteroatoms. The van der Waals surface area contributed by atoms with Crippen LogP contribution in [0.2, 0.25) is 0 Å². The van der Waals surface area contributed by atoms with Gasteiger partial charge < -0.3 is 19.3 Å². The monoisotopic (exact) mass is 372 g/mol. The van der Waals surface area contributed by atoms with E-state index in [0.29, 0.717) is 6.61 Å². The second kappa shape index (κ2) is 11.6. The smallest absolute Gasteiger partial charge is 0.181 e. The first-order valence-electron chi connectivity index (χ1n) is 9.81. The Kier molecular flexibility index (Phi) is 9.16. The number of hydrogen-bond acceptors (Lipinski definition) is 4. The SMILES string of the molecule is CCCCCCC(C)OC(O)c1ccc(OCc2ccc(OC)cc2)cc1. The van der Waals surface area contributed by atoms with Gasteiger partial charge in [0, 0.05) is 5.56 Å². The molecule has 0 bridgehead atoms. The van der Waals surface area contributed by atoms with E-state index in [9.17, 15) is 5.11 Å². The van der Waals surface area contributed by atoms with Crippen molar-refractivity contribution in [2.24, 2.45) is 0 Å². The molecule has 0 saturated heterocycles. The third-order valence-electron chi connectivity index (χ3n) is 4.56. The van der Waals surface area contributed by atoms with E-state index in [1.54, 1.807) is 7.11 Å². The molecule has 1 N–H and O–H groups in total. The highest BCUT2D eigenvalue weighted by atomic mass is 16.6. The fourth-order valence-corrected chi connectivity index (χ4v) is 2.84. The Hall–Kier alpha value is -2.04. The third-order valence-corrected chi connectivity index (χ3v) is 4.56. The number of ether oxygens (including phenoxy) is 3. The van der Waals surface area contributed by atoms with Crippen LogP contribution in [0.25, 0.3) is 0 Å². The van der Waals surface area contributed by atoms with E-state index in [2.05, 4.69) is 6.92 Å². The molecule has 0 saturated carbocycles.